The Labute approximate surface area is 120 Å². The van der Waals surface area contributed by atoms with Gasteiger partial charge in [0.05, 0.1) is 0 Å². The SMILES string of the molecule is CC(C)[c-]1cccc1.CC(C)[c-]1cccc1.[Mo+2]. The smallest absolute Gasteiger partial charge is 0.213 e. The predicted molar refractivity (Wildman–Crippen MR) is 72.2 cm³/mol. The van der Waals surface area contributed by atoms with Gasteiger partial charge in [0.1, 0.15) is 0 Å². The minimum absolute atomic E-state index is 0. The molecule has 0 aliphatic carbocycles. The molecule has 0 radical (unpaired) electrons. The summed E-state index contributed by atoms with van der Waals surface area (Å²) in [5, 5.41) is 0. The zero-order valence-corrected chi connectivity index (χ0v) is 13.2. The van der Waals surface area contributed by atoms with Crippen molar-refractivity contribution in [1.29, 1.82) is 0 Å². The van der Waals surface area contributed by atoms with Gasteiger partial charge in [-0.2, -0.15) is 35.4 Å². The van der Waals surface area contributed by atoms with Crippen LogP contribution in [0.4, 0.5) is 0 Å². The zero-order valence-electron chi connectivity index (χ0n) is 11.2. The van der Waals surface area contributed by atoms with Gasteiger partial charge in [0.15, 0.2) is 0 Å². The van der Waals surface area contributed by atoms with E-state index in [-0.39, 0.29) is 21.1 Å². The normalized spacial score (nSPS) is 9.76. The van der Waals surface area contributed by atoms with Gasteiger partial charge in [-0.05, 0) is 0 Å². The maximum Gasteiger partial charge on any atom is 2.00 e. The minimum atomic E-state index is 0. The van der Waals surface area contributed by atoms with Crippen molar-refractivity contribution < 1.29 is 21.1 Å². The Morgan fingerprint density at radius 1 is 0.588 bits per heavy atom. The van der Waals surface area contributed by atoms with Crippen LogP contribution in [0.1, 0.15) is 50.7 Å². The predicted octanol–water partition coefficient (Wildman–Crippen LogP) is 5.06. The average molecular weight is 310 g/mol. The Kier molecular flexibility index (Phi) is 8.17. The Bertz CT molecular complexity index is 314. The van der Waals surface area contributed by atoms with E-state index in [4.69, 9.17) is 0 Å². The van der Waals surface area contributed by atoms with Crippen molar-refractivity contribution in [2.24, 2.45) is 0 Å². The second kappa shape index (κ2) is 8.47. The summed E-state index contributed by atoms with van der Waals surface area (Å²) in [5.74, 6) is 1.37. The van der Waals surface area contributed by atoms with Crippen LogP contribution >= 0.6 is 0 Å². The van der Waals surface area contributed by atoms with Crippen LogP contribution in [-0.4, -0.2) is 0 Å². The minimum Gasteiger partial charge on any atom is -0.213 e. The molecule has 0 unspecified atom stereocenters. The zero-order chi connectivity index (χ0) is 12.0. The molecule has 0 fully saturated rings. The standard InChI is InChI=1S/2C8H11.Mo/c2*1-7(2)8-5-3-4-6-8;/h2*3-7H,1-2H3;/q2*-1;+2. The molecule has 0 heterocycles. The van der Waals surface area contributed by atoms with Crippen molar-refractivity contribution in [1.82, 2.24) is 0 Å². The van der Waals surface area contributed by atoms with E-state index in [0.717, 1.165) is 0 Å². The molecule has 0 aliphatic heterocycles. The molecule has 0 aromatic heterocycles. The molecule has 92 valence electrons. The fraction of sp³-hybridized carbons (Fsp3) is 0.375. The van der Waals surface area contributed by atoms with E-state index in [2.05, 4.69) is 76.2 Å². The summed E-state index contributed by atoms with van der Waals surface area (Å²) in [6, 6.07) is 16.9. The van der Waals surface area contributed by atoms with Gasteiger partial charge in [-0.25, -0.2) is 24.3 Å². The van der Waals surface area contributed by atoms with E-state index in [1.165, 1.54) is 11.1 Å². The monoisotopic (exact) mass is 312 g/mol. The van der Waals surface area contributed by atoms with Crippen LogP contribution in [0, 0.1) is 0 Å². The first-order valence-electron chi connectivity index (χ1n) is 6.04. The third-order valence-corrected chi connectivity index (χ3v) is 2.71. The van der Waals surface area contributed by atoms with Crippen molar-refractivity contribution in [3.05, 3.63) is 59.7 Å². The van der Waals surface area contributed by atoms with E-state index in [1.54, 1.807) is 0 Å². The molecule has 0 atom stereocenters. The second-order valence-corrected chi connectivity index (χ2v) is 4.75. The average Bonchev–Trinajstić information content (AvgIpc) is 2.93. The van der Waals surface area contributed by atoms with Crippen molar-refractivity contribution in [3.63, 3.8) is 0 Å². The van der Waals surface area contributed by atoms with Crippen LogP contribution in [0.2, 0.25) is 0 Å². The van der Waals surface area contributed by atoms with E-state index < -0.39 is 0 Å². The molecule has 0 spiro atoms. The van der Waals surface area contributed by atoms with E-state index in [9.17, 15) is 0 Å². The van der Waals surface area contributed by atoms with Crippen LogP contribution < -0.4 is 0 Å². The van der Waals surface area contributed by atoms with Gasteiger partial charge < -0.3 is 0 Å². The molecular weight excluding hydrogens is 288 g/mol. The fourth-order valence-electron chi connectivity index (χ4n) is 1.55. The van der Waals surface area contributed by atoms with E-state index >= 15 is 0 Å². The summed E-state index contributed by atoms with van der Waals surface area (Å²) in [6.45, 7) is 8.81. The Hall–Kier alpha value is -0.612. The Morgan fingerprint density at radius 2 is 0.824 bits per heavy atom. The van der Waals surface area contributed by atoms with Crippen molar-refractivity contribution in [2.75, 3.05) is 0 Å². The molecule has 2 aromatic carbocycles. The third-order valence-electron chi connectivity index (χ3n) is 2.71. The molecule has 2 aromatic rings. The number of hydrogen-bond donors (Lipinski definition) is 0. The molecule has 2 rings (SSSR count). The number of rotatable bonds is 2. The van der Waals surface area contributed by atoms with Gasteiger partial charge >= 0.3 is 21.1 Å². The van der Waals surface area contributed by atoms with Crippen LogP contribution in [0.25, 0.3) is 0 Å². The summed E-state index contributed by atoms with van der Waals surface area (Å²) >= 11 is 0. The third kappa shape index (κ3) is 6.03. The maximum atomic E-state index is 2.20. The van der Waals surface area contributed by atoms with Gasteiger partial charge in [0.25, 0.3) is 0 Å². The maximum absolute atomic E-state index is 2.20. The molecule has 0 saturated carbocycles. The van der Waals surface area contributed by atoms with Gasteiger partial charge in [-0.3, -0.25) is 0 Å². The van der Waals surface area contributed by atoms with Crippen LogP contribution in [-0.2, 0) is 21.1 Å². The molecule has 0 N–H and O–H groups in total. The molecule has 1 heteroatoms. The molecule has 0 aliphatic rings. The van der Waals surface area contributed by atoms with Crippen molar-refractivity contribution in [2.45, 2.75) is 39.5 Å². The molecule has 17 heavy (non-hydrogen) atoms. The fourth-order valence-corrected chi connectivity index (χ4v) is 1.55. The van der Waals surface area contributed by atoms with E-state index in [1.807, 2.05) is 0 Å². The topological polar surface area (TPSA) is 0 Å². The second-order valence-electron chi connectivity index (χ2n) is 4.75. The Morgan fingerprint density at radius 3 is 0.941 bits per heavy atom. The Balaban J connectivity index is 0.000000284. The summed E-state index contributed by atoms with van der Waals surface area (Å²) in [5.41, 5.74) is 2.87. The van der Waals surface area contributed by atoms with Gasteiger partial charge in [-0.1, -0.05) is 39.5 Å². The quantitative estimate of drug-likeness (QED) is 0.537. The molecule has 0 amide bonds. The van der Waals surface area contributed by atoms with Crippen molar-refractivity contribution >= 4 is 0 Å². The molecular formula is C16H22Mo. The summed E-state index contributed by atoms with van der Waals surface area (Å²) in [4.78, 5) is 0. The first-order valence-corrected chi connectivity index (χ1v) is 6.04. The van der Waals surface area contributed by atoms with Gasteiger partial charge in [-0.15, -0.1) is 0 Å². The number of hydrogen-bond acceptors (Lipinski definition) is 0. The van der Waals surface area contributed by atoms with Crippen molar-refractivity contribution in [3.8, 4) is 0 Å². The molecule has 0 saturated heterocycles. The first kappa shape index (κ1) is 16.4. The van der Waals surface area contributed by atoms with Crippen LogP contribution in [0.15, 0.2) is 48.5 Å². The van der Waals surface area contributed by atoms with Gasteiger partial charge in [0, 0.05) is 0 Å². The molecule has 0 nitrogen and oxygen atoms in total. The van der Waals surface area contributed by atoms with E-state index in [0.29, 0.717) is 11.8 Å². The largest absolute Gasteiger partial charge is 2.00 e. The summed E-state index contributed by atoms with van der Waals surface area (Å²) in [7, 11) is 0. The van der Waals surface area contributed by atoms with Crippen LogP contribution in [0.3, 0.4) is 0 Å². The summed E-state index contributed by atoms with van der Waals surface area (Å²) < 4.78 is 0. The molecule has 0 bridgehead atoms. The van der Waals surface area contributed by atoms with Gasteiger partial charge in [0.2, 0.25) is 0 Å². The first-order chi connectivity index (χ1) is 7.61. The van der Waals surface area contributed by atoms with Crippen LogP contribution in [0.5, 0.6) is 0 Å². The summed E-state index contributed by atoms with van der Waals surface area (Å²) in [6.07, 6.45) is 0.